The maximum atomic E-state index is 10.1. The molecule has 4 heteroatoms. The molecule has 0 aromatic carbocycles. The third kappa shape index (κ3) is 6.79. The van der Waals surface area contributed by atoms with Crippen molar-refractivity contribution in [3.8, 4) is 0 Å². The van der Waals surface area contributed by atoms with Crippen molar-refractivity contribution in [3.05, 3.63) is 0 Å². The minimum atomic E-state index is -3.07. The van der Waals surface area contributed by atoms with Crippen molar-refractivity contribution in [1.82, 2.24) is 0 Å². The van der Waals surface area contributed by atoms with E-state index in [0.29, 0.717) is 4.73 Å². The number of rotatable bonds is 2. The van der Waals surface area contributed by atoms with Crippen molar-refractivity contribution in [2.24, 2.45) is 0 Å². The van der Waals surface area contributed by atoms with Gasteiger partial charge in [-0.2, -0.15) is 0 Å². The monoisotopic (exact) mass is 215 g/mol. The van der Waals surface area contributed by atoms with Gasteiger partial charge in [-0.3, -0.25) is 0 Å². The molecule has 0 fully saturated rings. The van der Waals surface area contributed by atoms with Crippen LogP contribution in [-0.2, 0) is 24.5 Å². The zero-order valence-electron chi connectivity index (χ0n) is 4.90. The van der Waals surface area contributed by atoms with Gasteiger partial charge in [-0.05, 0) is 0 Å². The Balaban J connectivity index is 3.73. The van der Waals surface area contributed by atoms with Crippen LogP contribution in [0.3, 0.4) is 0 Å². The number of alkyl halides is 1. The Kier molecular flexibility index (Phi) is 3.39. The molecule has 0 radical (unpaired) electrons. The van der Waals surface area contributed by atoms with Gasteiger partial charge in [-0.1, -0.05) is 0 Å². The van der Waals surface area contributed by atoms with Gasteiger partial charge in [0.05, 0.1) is 0 Å². The molecular weight excluding hydrogens is 208 g/mol. The Hall–Kier alpha value is 0.794. The Labute approximate surface area is 63.3 Å². The fraction of sp³-hybridized carbons (Fsp3) is 1.00. The Morgan fingerprint density at radius 3 is 1.88 bits per heavy atom. The minimum absolute atomic E-state index is 0.216. The quantitative estimate of drug-likeness (QED) is 0.521. The third-order valence-electron chi connectivity index (χ3n) is 0.565. The van der Waals surface area contributed by atoms with Gasteiger partial charge in [-0.15, -0.1) is 0 Å². The fourth-order valence-electron chi connectivity index (χ4n) is 0.343. The van der Waals surface area contributed by atoms with E-state index in [1.165, 1.54) is 0 Å². The molecule has 0 spiro atoms. The predicted molar refractivity (Wildman–Crippen MR) is 29.2 cm³/mol. The molecule has 0 aromatic rings. The molecule has 0 N–H and O–H groups in total. The van der Waals surface area contributed by atoms with E-state index in [9.17, 15) is 6.65 Å². The van der Waals surface area contributed by atoms with Crippen LogP contribution >= 0.6 is 15.9 Å². The molecule has 0 aliphatic heterocycles. The van der Waals surface area contributed by atoms with Gasteiger partial charge in [0, 0.05) is 0 Å². The van der Waals surface area contributed by atoms with Crippen LogP contribution in [0.4, 0.5) is 0 Å². The Morgan fingerprint density at radius 2 is 1.88 bits per heavy atom. The average molecular weight is 216 g/mol. The predicted octanol–water partition coefficient (Wildman–Crippen LogP) is 1.89. The van der Waals surface area contributed by atoms with Crippen LogP contribution in [-0.4, -0.2) is 4.32 Å². The van der Waals surface area contributed by atoms with Gasteiger partial charge >= 0.3 is 63.3 Å². The molecule has 0 aliphatic rings. The normalized spacial score (nSPS) is 11.4. The summed E-state index contributed by atoms with van der Waals surface area (Å²) in [6.45, 7) is 3.69. The van der Waals surface area contributed by atoms with Gasteiger partial charge in [-0.25, -0.2) is 0 Å². The van der Waals surface area contributed by atoms with E-state index in [1.54, 1.807) is 0 Å². The number of hydrogen-bond donors (Lipinski definition) is 0. The second kappa shape index (κ2) is 3.09. The number of halogens is 1. The van der Waals surface area contributed by atoms with E-state index in [2.05, 4.69) is 15.9 Å². The van der Waals surface area contributed by atoms with Crippen molar-refractivity contribution >= 4 is 15.9 Å². The fourth-order valence-corrected chi connectivity index (χ4v) is 2.36. The van der Waals surface area contributed by atoms with Crippen molar-refractivity contribution in [3.63, 3.8) is 0 Å². The van der Waals surface area contributed by atoms with Crippen molar-refractivity contribution in [1.29, 1.82) is 0 Å². The summed E-state index contributed by atoms with van der Waals surface area (Å²) in [5.41, 5.74) is 0. The second-order valence-corrected chi connectivity index (χ2v) is 6.13. The van der Waals surface area contributed by atoms with E-state index in [4.69, 9.17) is 0 Å². The average Bonchev–Trinajstić information content (AvgIpc) is 1.21. The first-order valence-corrected chi connectivity index (χ1v) is 5.48. The van der Waals surface area contributed by atoms with E-state index < -0.39 is 17.8 Å². The van der Waals surface area contributed by atoms with Crippen molar-refractivity contribution in [2.45, 2.75) is 22.9 Å². The molecule has 0 aromatic heterocycles. The molecule has 0 rings (SSSR count). The molecule has 0 unspecified atom stereocenters. The van der Waals surface area contributed by atoms with Crippen LogP contribution in [0.15, 0.2) is 0 Å². The molecule has 2 nitrogen and oxygen atoms in total. The van der Waals surface area contributed by atoms with E-state index in [0.717, 1.165) is 0 Å². The summed E-state index contributed by atoms with van der Waals surface area (Å²) in [5.74, 6) is 0. The van der Waals surface area contributed by atoms with Crippen LogP contribution in [0.25, 0.3) is 0 Å². The number of hydrogen-bond acceptors (Lipinski definition) is 2. The molecule has 0 aliphatic carbocycles. The molecule has 0 atom stereocenters. The standard InChI is InChI=1S/C4H8Br.2O.Ti/c1-4(2,3)5;;;/h1H2,2-3H3;;;. The van der Waals surface area contributed by atoms with Crippen molar-refractivity contribution in [2.75, 3.05) is 0 Å². The first kappa shape index (κ1) is 8.79. The van der Waals surface area contributed by atoms with Gasteiger partial charge in [0.25, 0.3) is 0 Å². The van der Waals surface area contributed by atoms with Crippen LogP contribution in [0.5, 0.6) is 0 Å². The Bertz CT molecular complexity index is 125. The van der Waals surface area contributed by atoms with E-state index in [-0.39, 0.29) is 4.32 Å². The van der Waals surface area contributed by atoms with Gasteiger partial charge in [0.1, 0.15) is 0 Å². The third-order valence-corrected chi connectivity index (χ3v) is 3.48. The summed E-state index contributed by atoms with van der Waals surface area (Å²) in [6, 6.07) is 0. The first-order chi connectivity index (χ1) is 3.42. The summed E-state index contributed by atoms with van der Waals surface area (Å²) in [6.07, 6.45) is 0. The van der Waals surface area contributed by atoms with E-state index in [1.807, 2.05) is 13.8 Å². The molecule has 0 saturated carbocycles. The summed E-state index contributed by atoms with van der Waals surface area (Å²) in [4.78, 5) is 0. The molecule has 0 saturated heterocycles. The summed E-state index contributed by atoms with van der Waals surface area (Å²) < 4.78 is 20.3. The van der Waals surface area contributed by atoms with Crippen LogP contribution in [0, 0.1) is 0 Å². The van der Waals surface area contributed by atoms with Gasteiger partial charge in [0.2, 0.25) is 0 Å². The van der Waals surface area contributed by atoms with Crippen molar-refractivity contribution < 1.29 is 24.5 Å². The topological polar surface area (TPSA) is 34.1 Å². The van der Waals surface area contributed by atoms with Crippen LogP contribution in [0.2, 0.25) is 4.73 Å². The van der Waals surface area contributed by atoms with E-state index >= 15 is 0 Å². The zero-order chi connectivity index (χ0) is 6.78. The molecule has 0 heterocycles. The molecule has 0 bridgehead atoms. The van der Waals surface area contributed by atoms with Crippen LogP contribution in [0.1, 0.15) is 13.8 Å². The van der Waals surface area contributed by atoms with Gasteiger partial charge in [0.15, 0.2) is 0 Å². The molecular formula is C4H8BrO2Ti. The second-order valence-electron chi connectivity index (χ2n) is 2.27. The molecule has 47 valence electrons. The summed E-state index contributed by atoms with van der Waals surface area (Å²) in [7, 11) is 0. The summed E-state index contributed by atoms with van der Waals surface area (Å²) in [5, 5.41) is 0. The Morgan fingerprint density at radius 1 is 1.50 bits per heavy atom. The zero-order valence-corrected chi connectivity index (χ0v) is 8.05. The molecule has 0 amide bonds. The molecule has 8 heavy (non-hydrogen) atoms. The van der Waals surface area contributed by atoms with Crippen LogP contribution < -0.4 is 0 Å². The SMILES string of the molecule is CC(C)(Br)[CH2][Ti](=[O])=[O]. The summed E-state index contributed by atoms with van der Waals surface area (Å²) >= 11 is 0.151. The van der Waals surface area contributed by atoms with Gasteiger partial charge < -0.3 is 0 Å². The first-order valence-electron chi connectivity index (χ1n) is 2.30. The maximum absolute atomic E-state index is 10.1.